The van der Waals surface area contributed by atoms with Crippen LogP contribution in [-0.2, 0) is 0 Å². The third-order valence-electron chi connectivity index (χ3n) is 7.42. The number of likely N-dealkylation sites (tertiary alicyclic amines) is 2. The monoisotopic (exact) mass is 540 g/mol. The molecule has 0 bridgehead atoms. The maximum Gasteiger partial charge on any atom is 0.413 e. The first kappa shape index (κ1) is 26.2. The molecule has 38 heavy (non-hydrogen) atoms. The molecular formula is C28H30ClFN4O4. The lowest BCUT2D eigenvalue weighted by Gasteiger charge is -2.25. The number of nitrogens with one attached hydrogen (secondary N) is 1. The van der Waals surface area contributed by atoms with Crippen molar-refractivity contribution in [3.05, 3.63) is 82.0 Å². The van der Waals surface area contributed by atoms with Crippen molar-refractivity contribution >= 4 is 23.6 Å². The van der Waals surface area contributed by atoms with E-state index in [0.717, 1.165) is 25.2 Å². The van der Waals surface area contributed by atoms with Crippen molar-refractivity contribution in [3.8, 4) is 5.75 Å². The highest BCUT2D eigenvalue weighted by atomic mass is 35.5. The van der Waals surface area contributed by atoms with Crippen LogP contribution in [0.2, 0.25) is 5.02 Å². The summed E-state index contributed by atoms with van der Waals surface area (Å²) in [5.41, 5.74) is 1.45. The fourth-order valence-corrected chi connectivity index (χ4v) is 5.75. The van der Waals surface area contributed by atoms with Crippen LogP contribution in [0.1, 0.15) is 39.8 Å². The Hall–Kier alpha value is -3.43. The molecular weight excluding hydrogens is 511 g/mol. The molecule has 3 atom stereocenters. The van der Waals surface area contributed by atoms with Crippen LogP contribution in [0.4, 0.5) is 9.18 Å². The number of carbonyl (C=O) groups excluding carboxylic acids is 2. The predicted octanol–water partition coefficient (Wildman–Crippen LogP) is 5.01. The summed E-state index contributed by atoms with van der Waals surface area (Å²) >= 11 is 6.12. The first-order valence-corrected chi connectivity index (χ1v) is 13.1. The van der Waals surface area contributed by atoms with E-state index in [1.165, 1.54) is 18.2 Å². The number of benzene rings is 2. The Bertz CT molecular complexity index is 1260. The number of halogens is 2. The first-order chi connectivity index (χ1) is 18.3. The number of ether oxygens (including phenoxy) is 1. The summed E-state index contributed by atoms with van der Waals surface area (Å²) < 4.78 is 24.9. The number of carbonyl (C=O) groups is 2. The minimum absolute atomic E-state index is 0.0498. The van der Waals surface area contributed by atoms with Gasteiger partial charge in [-0.2, -0.15) is 0 Å². The third-order valence-corrected chi connectivity index (χ3v) is 7.73. The zero-order valence-electron chi connectivity index (χ0n) is 21.3. The second-order valence-corrected chi connectivity index (χ2v) is 10.4. The van der Waals surface area contributed by atoms with Crippen LogP contribution >= 0.6 is 11.6 Å². The van der Waals surface area contributed by atoms with Crippen LogP contribution in [0.15, 0.2) is 53.1 Å². The van der Waals surface area contributed by atoms with E-state index in [2.05, 4.69) is 15.4 Å². The number of nitrogens with zero attached hydrogens (tertiary/aromatic N) is 3. The summed E-state index contributed by atoms with van der Waals surface area (Å²) in [6.07, 6.45) is 0.126. The lowest BCUT2D eigenvalue weighted by molar-refractivity contribution is 0.0769. The van der Waals surface area contributed by atoms with Crippen molar-refractivity contribution in [1.82, 2.24) is 20.3 Å². The Morgan fingerprint density at radius 3 is 2.45 bits per heavy atom. The molecule has 0 radical (unpaired) electrons. The van der Waals surface area contributed by atoms with Gasteiger partial charge in [-0.15, -0.1) is 0 Å². The van der Waals surface area contributed by atoms with Crippen molar-refractivity contribution in [1.29, 1.82) is 0 Å². The molecule has 1 aromatic heterocycles. The molecule has 2 saturated heterocycles. The van der Waals surface area contributed by atoms with E-state index in [4.69, 9.17) is 20.9 Å². The molecule has 1 N–H and O–H groups in total. The maximum absolute atomic E-state index is 14.3. The van der Waals surface area contributed by atoms with Crippen LogP contribution in [0.5, 0.6) is 5.75 Å². The topological polar surface area (TPSA) is 87.9 Å². The summed E-state index contributed by atoms with van der Waals surface area (Å²) in [6, 6.07) is 13.8. The van der Waals surface area contributed by atoms with Gasteiger partial charge in [0.1, 0.15) is 11.5 Å². The van der Waals surface area contributed by atoms with E-state index >= 15 is 0 Å². The number of aryl methyl sites for hydroxylation is 2. The molecule has 2 unspecified atom stereocenters. The third kappa shape index (κ3) is 5.54. The van der Waals surface area contributed by atoms with Crippen molar-refractivity contribution in [3.63, 3.8) is 0 Å². The second kappa shape index (κ2) is 11.1. The van der Waals surface area contributed by atoms with Gasteiger partial charge in [0.05, 0.1) is 16.6 Å². The van der Waals surface area contributed by atoms with Gasteiger partial charge in [0, 0.05) is 39.6 Å². The van der Waals surface area contributed by atoms with Crippen LogP contribution in [0.3, 0.4) is 0 Å². The van der Waals surface area contributed by atoms with Gasteiger partial charge in [0.15, 0.2) is 11.5 Å². The number of aromatic nitrogens is 1. The van der Waals surface area contributed by atoms with Gasteiger partial charge < -0.3 is 24.4 Å². The Kier molecular flexibility index (Phi) is 7.67. The van der Waals surface area contributed by atoms with E-state index in [9.17, 15) is 14.0 Å². The van der Waals surface area contributed by atoms with E-state index < -0.39 is 11.9 Å². The van der Waals surface area contributed by atoms with Crippen molar-refractivity contribution in [2.24, 2.45) is 11.8 Å². The minimum Gasteiger partial charge on any atom is -0.405 e. The summed E-state index contributed by atoms with van der Waals surface area (Å²) in [7, 11) is 0. The molecule has 200 valence electrons. The van der Waals surface area contributed by atoms with Gasteiger partial charge in [0.25, 0.3) is 5.91 Å². The molecule has 0 aliphatic carbocycles. The lowest BCUT2D eigenvalue weighted by atomic mass is 10.0. The van der Waals surface area contributed by atoms with Crippen molar-refractivity contribution in [2.75, 3.05) is 32.7 Å². The number of rotatable bonds is 7. The molecule has 0 saturated carbocycles. The zero-order chi connectivity index (χ0) is 26.8. The van der Waals surface area contributed by atoms with E-state index in [1.807, 2.05) is 30.3 Å². The Labute approximate surface area is 225 Å². The molecule has 3 heterocycles. The lowest BCUT2D eigenvalue weighted by Crippen LogP contribution is -2.36. The number of hydrogen-bond donors (Lipinski definition) is 1. The summed E-state index contributed by atoms with van der Waals surface area (Å²) in [6.45, 7) is 7.02. The van der Waals surface area contributed by atoms with Gasteiger partial charge >= 0.3 is 6.09 Å². The molecule has 8 nitrogen and oxygen atoms in total. The average Bonchev–Trinajstić information content (AvgIpc) is 3.56. The van der Waals surface area contributed by atoms with Crippen molar-refractivity contribution < 1.29 is 23.2 Å². The SMILES string of the molecule is Cc1noc(C)c1OC(=O)NC(CCN1CC2CN(C(=O)c3c(F)cccc3Cl)C[C@@H]2C1)c1ccccc1. The van der Waals surface area contributed by atoms with Gasteiger partial charge in [-0.1, -0.05) is 53.2 Å². The van der Waals surface area contributed by atoms with Crippen LogP contribution in [-0.4, -0.2) is 59.7 Å². The zero-order valence-corrected chi connectivity index (χ0v) is 22.1. The average molecular weight is 541 g/mol. The Morgan fingerprint density at radius 2 is 1.82 bits per heavy atom. The van der Waals surface area contributed by atoms with Crippen LogP contribution in [0.25, 0.3) is 0 Å². The largest absolute Gasteiger partial charge is 0.413 e. The first-order valence-electron chi connectivity index (χ1n) is 12.7. The number of hydrogen-bond acceptors (Lipinski definition) is 6. The Balaban J connectivity index is 1.18. The molecule has 2 aliphatic heterocycles. The summed E-state index contributed by atoms with van der Waals surface area (Å²) in [5.74, 6) is 0.474. The van der Waals surface area contributed by atoms with Gasteiger partial charge in [-0.3, -0.25) is 4.79 Å². The van der Waals surface area contributed by atoms with E-state index in [1.54, 1.807) is 18.7 Å². The van der Waals surface area contributed by atoms with Gasteiger partial charge in [-0.05, 0) is 42.9 Å². The molecule has 2 amide bonds. The molecule has 10 heteroatoms. The minimum atomic E-state index is -0.589. The van der Waals surface area contributed by atoms with E-state index in [0.29, 0.717) is 48.5 Å². The van der Waals surface area contributed by atoms with Crippen molar-refractivity contribution in [2.45, 2.75) is 26.3 Å². The summed E-state index contributed by atoms with van der Waals surface area (Å²) in [4.78, 5) is 29.8. The smallest absolute Gasteiger partial charge is 0.405 e. The number of fused-ring (bicyclic) bond motifs is 1. The molecule has 3 aromatic rings. The quantitative estimate of drug-likeness (QED) is 0.453. The van der Waals surface area contributed by atoms with E-state index in [-0.39, 0.29) is 22.5 Å². The fourth-order valence-electron chi connectivity index (χ4n) is 5.50. The van der Waals surface area contributed by atoms with Gasteiger partial charge in [-0.25, -0.2) is 9.18 Å². The predicted molar refractivity (Wildman–Crippen MR) is 140 cm³/mol. The highest BCUT2D eigenvalue weighted by Crippen LogP contribution is 2.34. The highest BCUT2D eigenvalue weighted by Gasteiger charge is 2.42. The van der Waals surface area contributed by atoms with Gasteiger partial charge in [0.2, 0.25) is 0 Å². The summed E-state index contributed by atoms with van der Waals surface area (Å²) in [5, 5.41) is 6.96. The fraction of sp³-hybridized carbons (Fsp3) is 0.393. The molecule has 0 spiro atoms. The molecule has 2 aliphatic rings. The normalized spacial score (nSPS) is 19.8. The molecule has 2 aromatic carbocycles. The standard InChI is InChI=1S/C28H30ClFN4O4/c1-17-26(18(2)38-32-17)37-28(36)31-24(19-7-4-3-5-8-19)11-12-33-13-20-15-34(16-21(20)14-33)27(35)25-22(29)9-6-10-23(25)30/h3-10,20-21,24H,11-16H2,1-2H3,(H,31,36)/t20-,21?,24?/m0/s1. The van der Waals surface area contributed by atoms with Crippen LogP contribution in [0, 0.1) is 31.5 Å². The molecule has 5 rings (SSSR count). The number of amides is 2. The molecule has 2 fully saturated rings. The van der Waals surface area contributed by atoms with Crippen LogP contribution < -0.4 is 10.1 Å². The maximum atomic E-state index is 14.3. The highest BCUT2D eigenvalue weighted by molar-refractivity contribution is 6.33. The Morgan fingerprint density at radius 1 is 1.11 bits per heavy atom. The second-order valence-electron chi connectivity index (χ2n) is 10.0.